The molecule has 0 fully saturated rings. The normalized spacial score (nSPS) is 15.6. The van der Waals surface area contributed by atoms with Crippen LogP contribution in [0.4, 0.5) is 0 Å². The molecule has 0 bridgehead atoms. The third-order valence-electron chi connectivity index (χ3n) is 4.15. The lowest BCUT2D eigenvalue weighted by Gasteiger charge is -2.26. The summed E-state index contributed by atoms with van der Waals surface area (Å²) < 4.78 is 12.8. The third-order valence-corrected chi connectivity index (χ3v) is 4.15. The molecule has 7 nitrogen and oxygen atoms in total. The van der Waals surface area contributed by atoms with Crippen LogP contribution in [-0.4, -0.2) is 34.7 Å². The summed E-state index contributed by atoms with van der Waals surface area (Å²) >= 11 is 0. The number of carbonyl (C=O) groups excluding carboxylic acids is 1. The first-order valence-electron chi connectivity index (χ1n) is 8.30. The number of amides is 1. The summed E-state index contributed by atoms with van der Waals surface area (Å²) in [6, 6.07) is 14.6. The topological polar surface area (TPSA) is 82.5 Å². The fourth-order valence-corrected chi connectivity index (χ4v) is 2.87. The zero-order valence-corrected chi connectivity index (χ0v) is 13.9. The Hall–Kier alpha value is -3.35. The summed E-state index contributed by atoms with van der Waals surface area (Å²) in [5.74, 6) is 1.09. The highest BCUT2D eigenvalue weighted by Crippen LogP contribution is 2.30. The molecular weight excluding hydrogens is 334 g/mol. The molecule has 1 aliphatic heterocycles. The van der Waals surface area contributed by atoms with Crippen LogP contribution in [0.2, 0.25) is 0 Å². The Labute approximate surface area is 149 Å². The number of nitrogens with one attached hydrogen (secondary N) is 1. The van der Waals surface area contributed by atoms with Crippen LogP contribution < -0.4 is 20.3 Å². The Morgan fingerprint density at radius 2 is 1.92 bits per heavy atom. The summed E-state index contributed by atoms with van der Waals surface area (Å²) in [6.07, 6.45) is 0.949. The molecule has 0 spiro atoms. The summed E-state index contributed by atoms with van der Waals surface area (Å²) in [4.78, 5) is 28.5. The van der Waals surface area contributed by atoms with Gasteiger partial charge >= 0.3 is 0 Å². The van der Waals surface area contributed by atoms with Gasteiger partial charge in [0.1, 0.15) is 19.3 Å². The first-order chi connectivity index (χ1) is 12.7. The molecule has 1 amide bonds. The molecule has 0 unspecified atom stereocenters. The van der Waals surface area contributed by atoms with Gasteiger partial charge in [0.2, 0.25) is 5.91 Å². The lowest BCUT2D eigenvalue weighted by molar-refractivity contribution is -0.122. The molecular formula is C19H17N3O4. The Balaban J connectivity index is 1.41. The van der Waals surface area contributed by atoms with Crippen molar-refractivity contribution in [1.29, 1.82) is 0 Å². The highest BCUT2D eigenvalue weighted by atomic mass is 16.6. The van der Waals surface area contributed by atoms with Gasteiger partial charge in [-0.15, -0.1) is 0 Å². The molecule has 1 N–H and O–H groups in total. The van der Waals surface area contributed by atoms with Crippen LogP contribution >= 0.6 is 0 Å². The molecule has 7 heteroatoms. The van der Waals surface area contributed by atoms with E-state index >= 15 is 0 Å². The maximum atomic E-state index is 12.3. The second-order valence-electron chi connectivity index (χ2n) is 5.97. The molecule has 0 saturated carbocycles. The largest absolute Gasteiger partial charge is 0.486 e. The predicted molar refractivity (Wildman–Crippen MR) is 95.4 cm³/mol. The minimum Gasteiger partial charge on any atom is -0.486 e. The number of nitrogens with zero attached hydrogens (tertiary/aromatic N) is 2. The van der Waals surface area contributed by atoms with E-state index in [0.29, 0.717) is 35.7 Å². The Morgan fingerprint density at radius 3 is 2.81 bits per heavy atom. The fraction of sp³-hybridized carbons (Fsp3) is 0.211. The number of hydrogen-bond acceptors (Lipinski definition) is 5. The monoisotopic (exact) mass is 351 g/mol. The number of ether oxygens (including phenoxy) is 2. The number of aromatic nitrogens is 2. The van der Waals surface area contributed by atoms with Crippen LogP contribution in [0.1, 0.15) is 0 Å². The molecule has 0 aliphatic carbocycles. The average Bonchev–Trinajstić information content (AvgIpc) is 2.68. The minimum absolute atomic E-state index is 0.0774. The van der Waals surface area contributed by atoms with Crippen molar-refractivity contribution in [2.24, 2.45) is 0 Å². The Kier molecular flexibility index (Phi) is 4.27. The highest BCUT2D eigenvalue weighted by Gasteiger charge is 2.21. The summed E-state index contributed by atoms with van der Waals surface area (Å²) in [7, 11) is 0. The van der Waals surface area contributed by atoms with Crippen molar-refractivity contribution >= 4 is 16.9 Å². The zero-order valence-electron chi connectivity index (χ0n) is 13.9. The second kappa shape index (κ2) is 6.87. The van der Waals surface area contributed by atoms with Gasteiger partial charge in [0.25, 0.3) is 5.56 Å². The molecule has 1 aliphatic rings. The highest BCUT2D eigenvalue weighted by molar-refractivity contribution is 5.79. The molecule has 4 rings (SSSR count). The van der Waals surface area contributed by atoms with Crippen molar-refractivity contribution in [2.45, 2.75) is 12.6 Å². The maximum Gasteiger partial charge on any atom is 0.269 e. The van der Waals surface area contributed by atoms with Gasteiger partial charge in [-0.2, -0.15) is 0 Å². The van der Waals surface area contributed by atoms with E-state index in [1.807, 2.05) is 36.4 Å². The number of benzene rings is 2. The molecule has 1 aromatic heterocycles. The first kappa shape index (κ1) is 16.1. The lowest BCUT2D eigenvalue weighted by Crippen LogP contribution is -2.42. The van der Waals surface area contributed by atoms with Crippen molar-refractivity contribution in [3.63, 3.8) is 0 Å². The molecule has 1 atom stereocenters. The van der Waals surface area contributed by atoms with E-state index in [4.69, 9.17) is 9.47 Å². The van der Waals surface area contributed by atoms with Crippen LogP contribution in [0.5, 0.6) is 11.5 Å². The van der Waals surface area contributed by atoms with Crippen molar-refractivity contribution in [3.05, 3.63) is 65.1 Å². The van der Waals surface area contributed by atoms with Crippen LogP contribution in [-0.2, 0) is 11.3 Å². The number of hydrogen-bond donors (Lipinski definition) is 1. The summed E-state index contributed by atoms with van der Waals surface area (Å²) in [5, 5.41) is 2.80. The zero-order chi connectivity index (χ0) is 17.9. The average molecular weight is 351 g/mol. The van der Waals surface area contributed by atoms with Crippen LogP contribution in [0.3, 0.4) is 0 Å². The minimum atomic E-state index is -0.315. The molecule has 0 saturated heterocycles. The number of para-hydroxylation sites is 4. The van der Waals surface area contributed by atoms with E-state index in [2.05, 4.69) is 10.3 Å². The molecule has 0 radical (unpaired) electrons. The number of carbonyl (C=O) groups is 1. The van der Waals surface area contributed by atoms with Crippen molar-refractivity contribution in [2.75, 3.05) is 13.2 Å². The maximum absolute atomic E-state index is 12.3. The van der Waals surface area contributed by atoms with Gasteiger partial charge in [0.15, 0.2) is 11.5 Å². The standard InChI is InChI=1S/C19H17N3O4/c23-18(11-22-15-6-2-1-5-14(15)20-10-19(22)24)21-9-13-12-25-16-7-3-4-8-17(16)26-13/h1-8,10,13H,9,11-12H2,(H,21,23)/t13-/m0/s1. The Morgan fingerprint density at radius 1 is 1.15 bits per heavy atom. The van der Waals surface area contributed by atoms with Gasteiger partial charge in [-0.3, -0.25) is 14.2 Å². The van der Waals surface area contributed by atoms with Gasteiger partial charge in [0.05, 0.1) is 23.8 Å². The van der Waals surface area contributed by atoms with Gasteiger partial charge in [-0.25, -0.2) is 4.98 Å². The van der Waals surface area contributed by atoms with Crippen LogP contribution in [0.25, 0.3) is 11.0 Å². The third kappa shape index (κ3) is 3.23. The molecule has 26 heavy (non-hydrogen) atoms. The first-order valence-corrected chi connectivity index (χ1v) is 8.30. The molecule has 2 aromatic carbocycles. The van der Waals surface area contributed by atoms with E-state index in [0.717, 1.165) is 0 Å². The van der Waals surface area contributed by atoms with E-state index in [-0.39, 0.29) is 24.1 Å². The molecule has 3 aromatic rings. The van der Waals surface area contributed by atoms with E-state index in [1.165, 1.54) is 10.8 Å². The van der Waals surface area contributed by atoms with E-state index < -0.39 is 0 Å². The van der Waals surface area contributed by atoms with Gasteiger partial charge in [-0.05, 0) is 24.3 Å². The van der Waals surface area contributed by atoms with E-state index in [1.54, 1.807) is 12.1 Å². The molecule has 132 valence electrons. The van der Waals surface area contributed by atoms with Crippen molar-refractivity contribution in [3.8, 4) is 11.5 Å². The van der Waals surface area contributed by atoms with Crippen molar-refractivity contribution < 1.29 is 14.3 Å². The van der Waals surface area contributed by atoms with Gasteiger partial charge in [0, 0.05) is 0 Å². The van der Waals surface area contributed by atoms with Gasteiger partial charge < -0.3 is 14.8 Å². The predicted octanol–water partition coefficient (Wildman–Crippen LogP) is 1.35. The lowest BCUT2D eigenvalue weighted by atomic mass is 10.2. The number of rotatable bonds is 4. The SMILES string of the molecule is O=C(Cn1c(=O)cnc2ccccc21)NC[C@H]1COc2ccccc2O1. The van der Waals surface area contributed by atoms with Crippen molar-refractivity contribution in [1.82, 2.24) is 14.9 Å². The smallest absolute Gasteiger partial charge is 0.269 e. The van der Waals surface area contributed by atoms with Crippen LogP contribution in [0, 0.1) is 0 Å². The molecule has 2 heterocycles. The van der Waals surface area contributed by atoms with Crippen LogP contribution in [0.15, 0.2) is 59.5 Å². The summed E-state index contributed by atoms with van der Waals surface area (Å²) in [6.45, 7) is 0.576. The number of fused-ring (bicyclic) bond motifs is 2. The fourth-order valence-electron chi connectivity index (χ4n) is 2.87. The Bertz CT molecular complexity index is 1010. The quantitative estimate of drug-likeness (QED) is 0.767. The summed E-state index contributed by atoms with van der Waals surface area (Å²) in [5.41, 5.74) is 0.979. The van der Waals surface area contributed by atoms with E-state index in [9.17, 15) is 9.59 Å². The van der Waals surface area contributed by atoms with Gasteiger partial charge in [-0.1, -0.05) is 24.3 Å². The second-order valence-corrected chi connectivity index (χ2v) is 5.97.